The van der Waals surface area contributed by atoms with E-state index < -0.39 is 20.1 Å². The van der Waals surface area contributed by atoms with Crippen LogP contribution in [0.4, 0.5) is 0 Å². The second-order valence-corrected chi connectivity index (χ2v) is 8.05. The molecule has 9 heteroatoms. The van der Waals surface area contributed by atoms with Crippen molar-refractivity contribution in [1.29, 1.82) is 0 Å². The van der Waals surface area contributed by atoms with Crippen LogP contribution in [0.3, 0.4) is 0 Å². The maximum atomic E-state index is 10.5. The van der Waals surface area contributed by atoms with Gasteiger partial charge in [0.2, 0.25) is 0 Å². The molecule has 0 saturated heterocycles. The summed E-state index contributed by atoms with van der Waals surface area (Å²) >= 11 is 0. The van der Waals surface area contributed by atoms with Crippen molar-refractivity contribution in [2.75, 3.05) is 0 Å². The van der Waals surface area contributed by atoms with Crippen LogP contribution in [0.2, 0.25) is 13.6 Å². The van der Waals surface area contributed by atoms with Gasteiger partial charge in [-0.25, -0.2) is 0 Å². The Morgan fingerprint density at radius 1 is 0.929 bits per heavy atom. The highest BCUT2D eigenvalue weighted by Gasteiger charge is 2.52. The predicted octanol–water partition coefficient (Wildman–Crippen LogP) is 0.597. The van der Waals surface area contributed by atoms with Crippen LogP contribution in [0.5, 0.6) is 0 Å². The van der Waals surface area contributed by atoms with Crippen LogP contribution in [-0.4, -0.2) is 31.8 Å². The summed E-state index contributed by atoms with van der Waals surface area (Å²) in [5.74, 6) is 0. The summed E-state index contributed by atoms with van der Waals surface area (Å²) in [7, 11) is -8.26. The highest BCUT2D eigenvalue weighted by atomic mass is 31.2. The molecule has 86 valence electrons. The van der Waals surface area contributed by atoms with Crippen LogP contribution in [0.1, 0.15) is 13.8 Å². The fourth-order valence-corrected chi connectivity index (χ4v) is 1.53. The summed E-state index contributed by atoms with van der Waals surface area (Å²) in [6.45, 7) is 5.91. The monoisotopic (exact) mass is 246 g/mol. The molecule has 0 saturated carbocycles. The van der Waals surface area contributed by atoms with Crippen molar-refractivity contribution in [1.82, 2.24) is 0 Å². The van der Waals surface area contributed by atoms with Gasteiger partial charge < -0.3 is 19.6 Å². The van der Waals surface area contributed by atoms with E-state index in [2.05, 4.69) is 13.6 Å². The zero-order valence-electron chi connectivity index (χ0n) is 8.71. The molecule has 0 aliphatic heterocycles. The first-order valence-corrected chi connectivity index (χ1v) is 7.25. The minimum Gasteiger partial charge on any atom is -0.324 e. The van der Waals surface area contributed by atoms with E-state index in [4.69, 9.17) is 19.6 Å². The zero-order valence-corrected chi connectivity index (χ0v) is 10.5. The molecular formula is C5H17BO6P2. The van der Waals surface area contributed by atoms with Crippen molar-refractivity contribution in [3.05, 3.63) is 0 Å². The maximum Gasteiger partial charge on any atom is 0.343 e. The minimum absolute atomic E-state index is 0.828. The Morgan fingerprint density at radius 2 is 1.07 bits per heavy atom. The molecule has 0 aliphatic carbocycles. The molecule has 0 aromatic heterocycles. The van der Waals surface area contributed by atoms with E-state index in [0.29, 0.717) is 0 Å². The van der Waals surface area contributed by atoms with Gasteiger partial charge in [-0.1, -0.05) is 13.6 Å². The first kappa shape index (κ1) is 16.8. The van der Waals surface area contributed by atoms with Crippen molar-refractivity contribution in [3.63, 3.8) is 0 Å². The smallest absolute Gasteiger partial charge is 0.324 e. The molecule has 14 heavy (non-hydrogen) atoms. The van der Waals surface area contributed by atoms with Crippen LogP contribution in [0, 0.1) is 0 Å². The SMILES string of the molecule is CBC.CC(C)(P(=O)(O)O)P(=O)(O)O. The van der Waals surface area contributed by atoms with Crippen molar-refractivity contribution < 1.29 is 28.7 Å². The van der Waals surface area contributed by atoms with Gasteiger partial charge in [-0.15, -0.1) is 0 Å². The Balaban J connectivity index is 0. The number of hydrogen-bond donors (Lipinski definition) is 4. The lowest BCUT2D eigenvalue weighted by Gasteiger charge is -2.25. The van der Waals surface area contributed by atoms with Crippen LogP contribution >= 0.6 is 15.2 Å². The Hall–Kier alpha value is 0.365. The van der Waals surface area contributed by atoms with Crippen LogP contribution in [0.15, 0.2) is 0 Å². The highest BCUT2D eigenvalue weighted by Crippen LogP contribution is 2.68. The molecule has 0 heterocycles. The third-order valence-electron chi connectivity index (χ3n) is 1.43. The molecule has 0 aromatic rings. The summed E-state index contributed by atoms with van der Waals surface area (Å²) in [5, 5.41) is 0. The van der Waals surface area contributed by atoms with E-state index in [0.717, 1.165) is 13.8 Å². The van der Waals surface area contributed by atoms with Gasteiger partial charge in [0.25, 0.3) is 0 Å². The van der Waals surface area contributed by atoms with Gasteiger partial charge in [0.05, 0.1) is 0 Å². The first-order chi connectivity index (χ1) is 5.91. The Kier molecular flexibility index (Phi) is 6.53. The predicted molar refractivity (Wildman–Crippen MR) is 57.0 cm³/mol. The van der Waals surface area contributed by atoms with Crippen LogP contribution in [-0.2, 0) is 9.13 Å². The summed E-state index contributed by atoms with van der Waals surface area (Å²) in [6, 6.07) is 0. The molecule has 0 radical (unpaired) electrons. The summed E-state index contributed by atoms with van der Waals surface area (Å²) in [4.78, 5) is 31.7. The second-order valence-electron chi connectivity index (χ2n) is 3.29. The molecule has 0 aromatic carbocycles. The molecule has 0 fully saturated rings. The molecule has 0 spiro atoms. The molecule has 4 N–H and O–H groups in total. The Bertz CT molecular complexity index is 229. The maximum absolute atomic E-state index is 10.5. The lowest BCUT2D eigenvalue weighted by atomic mass is 9.88. The Morgan fingerprint density at radius 3 is 1.07 bits per heavy atom. The highest BCUT2D eigenvalue weighted by molar-refractivity contribution is 7.72. The van der Waals surface area contributed by atoms with E-state index in [9.17, 15) is 9.13 Å². The summed E-state index contributed by atoms with van der Waals surface area (Å²) in [6.07, 6.45) is 0. The fourth-order valence-electron chi connectivity index (χ4n) is 0.170. The average Bonchev–Trinajstić information content (AvgIpc) is 1.83. The third-order valence-corrected chi connectivity index (χ3v) is 5.84. The van der Waals surface area contributed by atoms with E-state index >= 15 is 0 Å². The van der Waals surface area contributed by atoms with Crippen molar-refractivity contribution >= 4 is 22.5 Å². The number of rotatable bonds is 2. The van der Waals surface area contributed by atoms with Gasteiger partial charge in [-0.3, -0.25) is 9.13 Å². The summed E-state index contributed by atoms with van der Waals surface area (Å²) in [5.41, 5.74) is 0. The molecule has 0 unspecified atom stereocenters. The number of hydrogen-bond acceptors (Lipinski definition) is 2. The topological polar surface area (TPSA) is 115 Å². The van der Waals surface area contributed by atoms with Gasteiger partial charge in [-0.2, -0.15) is 0 Å². The van der Waals surface area contributed by atoms with Gasteiger partial charge in [-0.05, 0) is 13.8 Å². The standard InChI is InChI=1S/C3H10O6P2.C2H7B/c1-3(2,10(4,5)6)11(7,8)9;1-3-2/h1-2H3,(H2,4,5,6)(H2,7,8,9);3H,1-2H3. The van der Waals surface area contributed by atoms with E-state index in [1.807, 2.05) is 0 Å². The molecule has 0 bridgehead atoms. The van der Waals surface area contributed by atoms with Gasteiger partial charge in [0.15, 0.2) is 4.90 Å². The summed E-state index contributed by atoms with van der Waals surface area (Å²) < 4.78 is 21.0. The minimum atomic E-state index is -4.75. The van der Waals surface area contributed by atoms with E-state index in [-0.39, 0.29) is 0 Å². The quantitative estimate of drug-likeness (QED) is 0.418. The molecular weight excluding hydrogens is 229 g/mol. The molecule has 0 amide bonds. The van der Waals surface area contributed by atoms with Gasteiger partial charge in [0, 0.05) is 0 Å². The van der Waals surface area contributed by atoms with Gasteiger partial charge in [0.1, 0.15) is 7.28 Å². The second kappa shape index (κ2) is 5.45. The fraction of sp³-hybridized carbons (Fsp3) is 1.00. The first-order valence-electron chi connectivity index (χ1n) is 4.03. The average molecular weight is 246 g/mol. The van der Waals surface area contributed by atoms with Crippen molar-refractivity contribution in [2.45, 2.75) is 32.4 Å². The third kappa shape index (κ3) is 4.74. The van der Waals surface area contributed by atoms with Crippen molar-refractivity contribution in [2.24, 2.45) is 0 Å². The normalized spacial score (nSPS) is 12.9. The molecule has 0 aliphatic rings. The molecule has 6 nitrogen and oxygen atoms in total. The van der Waals surface area contributed by atoms with E-state index in [1.54, 1.807) is 0 Å². The van der Waals surface area contributed by atoms with E-state index in [1.165, 1.54) is 7.28 Å². The van der Waals surface area contributed by atoms with Crippen LogP contribution in [0.25, 0.3) is 0 Å². The van der Waals surface area contributed by atoms with Gasteiger partial charge >= 0.3 is 15.2 Å². The lowest BCUT2D eigenvalue weighted by molar-refractivity contribution is 0.318. The Labute approximate surface area is 84.3 Å². The largest absolute Gasteiger partial charge is 0.343 e. The lowest BCUT2D eigenvalue weighted by Crippen LogP contribution is -2.19. The molecule has 0 rings (SSSR count). The van der Waals surface area contributed by atoms with Crippen LogP contribution < -0.4 is 0 Å². The zero-order chi connectivity index (χ0) is 12.2. The molecule has 0 atom stereocenters. The van der Waals surface area contributed by atoms with Crippen molar-refractivity contribution in [3.8, 4) is 0 Å².